The molecule has 0 saturated heterocycles. The summed E-state index contributed by atoms with van der Waals surface area (Å²) < 4.78 is 31.4. The summed E-state index contributed by atoms with van der Waals surface area (Å²) in [5, 5.41) is 0. The van der Waals surface area contributed by atoms with Crippen LogP contribution in [0.1, 0.15) is 36.0 Å². The quantitative estimate of drug-likeness (QED) is 0.0562. The van der Waals surface area contributed by atoms with Crippen LogP contribution in [0.25, 0.3) is 11.1 Å². The molecule has 0 N–H and O–H groups in total. The third-order valence-corrected chi connectivity index (χ3v) is 6.23. The minimum atomic E-state index is -0.659. The predicted octanol–water partition coefficient (Wildman–Crippen LogP) is 5.89. The monoisotopic (exact) mass is 616 g/mol. The van der Waals surface area contributed by atoms with Gasteiger partial charge in [0.05, 0.1) is 45.5 Å². The SMILES string of the molecule is C=CC(=O)OCCCCOc1ccc(-c2ccc(OC(=O)c3ccc(OCCCOC(=O)C(=C)CC(=O)OC)cc3)cc2)cc1. The molecule has 0 aliphatic rings. The molecule has 236 valence electrons. The van der Waals surface area contributed by atoms with E-state index in [0.29, 0.717) is 43.1 Å². The Bertz CT molecular complexity index is 1440. The van der Waals surface area contributed by atoms with Gasteiger partial charge in [-0.3, -0.25) is 4.79 Å². The van der Waals surface area contributed by atoms with E-state index in [9.17, 15) is 19.2 Å². The molecule has 3 aromatic rings. The lowest BCUT2D eigenvalue weighted by Crippen LogP contribution is -2.13. The van der Waals surface area contributed by atoms with Gasteiger partial charge in [0.25, 0.3) is 0 Å². The normalized spacial score (nSPS) is 10.2. The number of methoxy groups -OCH3 is 1. The van der Waals surface area contributed by atoms with E-state index in [-0.39, 0.29) is 25.2 Å². The first-order chi connectivity index (χ1) is 21.8. The van der Waals surface area contributed by atoms with Gasteiger partial charge in [0.2, 0.25) is 0 Å². The van der Waals surface area contributed by atoms with Crippen LogP contribution in [0.2, 0.25) is 0 Å². The van der Waals surface area contributed by atoms with E-state index in [0.717, 1.165) is 29.4 Å². The molecule has 0 fully saturated rings. The van der Waals surface area contributed by atoms with Gasteiger partial charge in [-0.05, 0) is 72.5 Å². The molecule has 0 amide bonds. The molecular weight excluding hydrogens is 580 g/mol. The second-order valence-corrected chi connectivity index (χ2v) is 9.58. The maximum Gasteiger partial charge on any atom is 0.343 e. The fourth-order valence-corrected chi connectivity index (χ4v) is 3.77. The van der Waals surface area contributed by atoms with Gasteiger partial charge < -0.3 is 28.4 Å². The number of hydrogen-bond donors (Lipinski definition) is 0. The van der Waals surface area contributed by atoms with Crippen LogP contribution in [-0.2, 0) is 28.6 Å². The molecule has 0 bridgehead atoms. The lowest BCUT2D eigenvalue weighted by molar-refractivity contribution is -0.144. The van der Waals surface area contributed by atoms with Gasteiger partial charge in [-0.2, -0.15) is 0 Å². The van der Waals surface area contributed by atoms with E-state index in [1.54, 1.807) is 36.4 Å². The first-order valence-electron chi connectivity index (χ1n) is 14.3. The highest BCUT2D eigenvalue weighted by Gasteiger charge is 2.13. The van der Waals surface area contributed by atoms with Gasteiger partial charge in [-0.1, -0.05) is 37.4 Å². The fourth-order valence-electron chi connectivity index (χ4n) is 3.77. The van der Waals surface area contributed by atoms with Gasteiger partial charge in [-0.25, -0.2) is 14.4 Å². The highest BCUT2D eigenvalue weighted by atomic mass is 16.5. The molecule has 0 aromatic heterocycles. The zero-order valence-electron chi connectivity index (χ0n) is 25.2. The van der Waals surface area contributed by atoms with Crippen LogP contribution in [-0.4, -0.2) is 57.4 Å². The summed E-state index contributed by atoms with van der Waals surface area (Å²) in [4.78, 5) is 46.6. The van der Waals surface area contributed by atoms with Crippen LogP contribution >= 0.6 is 0 Å². The minimum absolute atomic E-state index is 0.0220. The van der Waals surface area contributed by atoms with Crippen molar-refractivity contribution in [2.24, 2.45) is 0 Å². The van der Waals surface area contributed by atoms with Crippen LogP contribution in [0.4, 0.5) is 0 Å². The summed E-state index contributed by atoms with van der Waals surface area (Å²) in [6, 6.07) is 21.4. The Morgan fingerprint density at radius 3 is 1.76 bits per heavy atom. The van der Waals surface area contributed by atoms with Crippen molar-refractivity contribution in [3.05, 3.63) is 103 Å². The van der Waals surface area contributed by atoms with Crippen molar-refractivity contribution < 1.29 is 47.6 Å². The second-order valence-electron chi connectivity index (χ2n) is 9.58. The van der Waals surface area contributed by atoms with E-state index in [2.05, 4.69) is 17.9 Å². The first-order valence-corrected chi connectivity index (χ1v) is 14.3. The molecule has 0 saturated carbocycles. The van der Waals surface area contributed by atoms with Crippen molar-refractivity contribution in [1.82, 2.24) is 0 Å². The molecule has 45 heavy (non-hydrogen) atoms. The Hall–Kier alpha value is -5.38. The molecule has 10 heteroatoms. The predicted molar refractivity (Wildman–Crippen MR) is 166 cm³/mol. The van der Waals surface area contributed by atoms with E-state index < -0.39 is 23.9 Å². The van der Waals surface area contributed by atoms with Crippen LogP contribution in [0.3, 0.4) is 0 Å². The lowest BCUT2D eigenvalue weighted by Gasteiger charge is -2.09. The standard InChI is InChI=1S/C35H36O10/c1-4-32(36)43-21-6-5-20-41-29-14-8-26(9-15-29)27-10-18-31(19-11-27)45-35(39)28-12-16-30(17-13-28)42-22-7-23-44-34(38)25(2)24-33(37)40-3/h4,8-19H,1-2,5-7,20-24H2,3H3. The van der Waals surface area contributed by atoms with Crippen LogP contribution in [0.15, 0.2) is 97.6 Å². The molecule has 0 spiro atoms. The third kappa shape index (κ3) is 12.0. The van der Waals surface area contributed by atoms with Crippen molar-refractivity contribution >= 4 is 23.9 Å². The number of rotatable bonds is 18. The summed E-state index contributed by atoms with van der Waals surface area (Å²) >= 11 is 0. The zero-order valence-corrected chi connectivity index (χ0v) is 25.2. The number of benzene rings is 3. The van der Waals surface area contributed by atoms with Crippen LogP contribution in [0.5, 0.6) is 17.2 Å². The van der Waals surface area contributed by atoms with Gasteiger partial charge in [0.15, 0.2) is 0 Å². The van der Waals surface area contributed by atoms with Gasteiger partial charge in [0, 0.05) is 18.1 Å². The van der Waals surface area contributed by atoms with Crippen molar-refractivity contribution in [3.8, 4) is 28.4 Å². The van der Waals surface area contributed by atoms with Crippen molar-refractivity contribution in [3.63, 3.8) is 0 Å². The molecule has 0 atom stereocenters. The molecule has 0 radical (unpaired) electrons. The Labute approximate surface area is 262 Å². The Balaban J connectivity index is 1.37. The van der Waals surface area contributed by atoms with Crippen LogP contribution < -0.4 is 14.2 Å². The number of ether oxygens (including phenoxy) is 6. The Morgan fingerprint density at radius 2 is 1.18 bits per heavy atom. The minimum Gasteiger partial charge on any atom is -0.494 e. The third-order valence-electron chi connectivity index (χ3n) is 6.23. The summed E-state index contributed by atoms with van der Waals surface area (Å²) in [5.74, 6) is -0.461. The van der Waals surface area contributed by atoms with E-state index in [1.807, 2.05) is 36.4 Å². The number of hydrogen-bond acceptors (Lipinski definition) is 10. The maximum absolute atomic E-state index is 12.6. The van der Waals surface area contributed by atoms with Crippen LogP contribution in [0, 0.1) is 0 Å². The molecule has 0 unspecified atom stereocenters. The average molecular weight is 617 g/mol. The lowest BCUT2D eigenvalue weighted by atomic mass is 10.1. The largest absolute Gasteiger partial charge is 0.494 e. The van der Waals surface area contributed by atoms with Crippen molar-refractivity contribution in [2.75, 3.05) is 33.5 Å². The second kappa shape index (κ2) is 18.3. The molecular formula is C35H36O10. The smallest absolute Gasteiger partial charge is 0.343 e. The number of unbranched alkanes of at least 4 members (excludes halogenated alkanes) is 1. The van der Waals surface area contributed by atoms with E-state index in [4.69, 9.17) is 23.7 Å². The van der Waals surface area contributed by atoms with Gasteiger partial charge in [-0.15, -0.1) is 0 Å². The van der Waals surface area contributed by atoms with Crippen molar-refractivity contribution in [2.45, 2.75) is 25.7 Å². The fraction of sp³-hybridized carbons (Fsp3) is 0.257. The first kappa shape index (κ1) is 34.1. The average Bonchev–Trinajstić information content (AvgIpc) is 3.06. The zero-order chi connectivity index (χ0) is 32.4. The van der Waals surface area contributed by atoms with E-state index >= 15 is 0 Å². The maximum atomic E-state index is 12.6. The summed E-state index contributed by atoms with van der Waals surface area (Å²) in [7, 11) is 1.23. The topological polar surface area (TPSA) is 124 Å². The summed E-state index contributed by atoms with van der Waals surface area (Å²) in [5.41, 5.74) is 2.31. The highest BCUT2D eigenvalue weighted by molar-refractivity contribution is 5.93. The number of carbonyl (C=O) groups is 4. The van der Waals surface area contributed by atoms with Gasteiger partial charge >= 0.3 is 23.9 Å². The van der Waals surface area contributed by atoms with Gasteiger partial charge in [0.1, 0.15) is 17.2 Å². The Kier molecular flexibility index (Phi) is 13.9. The number of esters is 4. The molecule has 0 heterocycles. The summed E-state index contributed by atoms with van der Waals surface area (Å²) in [6.45, 7) is 8.10. The Morgan fingerprint density at radius 1 is 0.667 bits per heavy atom. The molecule has 3 rings (SSSR count). The highest BCUT2D eigenvalue weighted by Crippen LogP contribution is 2.25. The number of carbonyl (C=O) groups excluding carboxylic acids is 4. The molecule has 3 aromatic carbocycles. The summed E-state index contributed by atoms with van der Waals surface area (Å²) in [6.07, 6.45) is 2.80. The molecule has 0 aliphatic carbocycles. The van der Waals surface area contributed by atoms with E-state index in [1.165, 1.54) is 7.11 Å². The molecule has 0 aliphatic heterocycles. The molecule has 10 nitrogen and oxygen atoms in total. The van der Waals surface area contributed by atoms with Crippen molar-refractivity contribution in [1.29, 1.82) is 0 Å².